The molecule has 1 aromatic heterocycles. The third-order valence-corrected chi connectivity index (χ3v) is 7.78. The molecule has 0 saturated carbocycles. The fourth-order valence-electron chi connectivity index (χ4n) is 5.27. The summed E-state index contributed by atoms with van der Waals surface area (Å²) >= 11 is 0. The fourth-order valence-corrected chi connectivity index (χ4v) is 5.27. The fraction of sp³-hybridized carbons (Fsp3) is 0.400. The molecule has 0 aliphatic carbocycles. The SMILES string of the molecule is CCn1c(CCCc2ccc(-c3ccc(OC)c(CC(=O)OC)c3)cc2OC)nn(Cc2ccc(C(C)(C)C)cc2)c1=O. The Morgan fingerprint density at radius 3 is 2.14 bits per heavy atom. The van der Waals surface area contributed by atoms with Gasteiger partial charge in [0, 0.05) is 18.5 Å². The molecule has 0 saturated heterocycles. The van der Waals surface area contributed by atoms with Crippen molar-refractivity contribution in [1.82, 2.24) is 14.3 Å². The van der Waals surface area contributed by atoms with Gasteiger partial charge in [0.15, 0.2) is 0 Å². The first-order chi connectivity index (χ1) is 20.6. The number of hydrogen-bond acceptors (Lipinski definition) is 6. The van der Waals surface area contributed by atoms with E-state index in [-0.39, 0.29) is 23.5 Å². The summed E-state index contributed by atoms with van der Waals surface area (Å²) in [6, 6.07) is 20.4. The summed E-state index contributed by atoms with van der Waals surface area (Å²) in [7, 11) is 4.63. The molecule has 0 aliphatic rings. The van der Waals surface area contributed by atoms with E-state index in [0.29, 0.717) is 25.3 Å². The van der Waals surface area contributed by atoms with Gasteiger partial charge in [-0.25, -0.2) is 9.48 Å². The molecule has 8 nitrogen and oxygen atoms in total. The highest BCUT2D eigenvalue weighted by Gasteiger charge is 2.16. The number of aryl methyl sites for hydroxylation is 2. The first-order valence-electron chi connectivity index (χ1n) is 14.7. The number of hydrogen-bond donors (Lipinski definition) is 0. The predicted molar refractivity (Wildman–Crippen MR) is 169 cm³/mol. The Morgan fingerprint density at radius 2 is 1.51 bits per heavy atom. The number of nitrogens with zero attached hydrogens (tertiary/aromatic N) is 3. The minimum Gasteiger partial charge on any atom is -0.496 e. The van der Waals surface area contributed by atoms with Crippen LogP contribution in [0, 0.1) is 0 Å². The second-order valence-electron chi connectivity index (χ2n) is 11.7. The largest absolute Gasteiger partial charge is 0.496 e. The van der Waals surface area contributed by atoms with Gasteiger partial charge in [-0.3, -0.25) is 9.36 Å². The van der Waals surface area contributed by atoms with Crippen LogP contribution in [-0.4, -0.2) is 41.6 Å². The minimum absolute atomic E-state index is 0.0783. The molecule has 0 aliphatic heterocycles. The number of esters is 1. The van der Waals surface area contributed by atoms with Gasteiger partial charge in [-0.15, -0.1) is 0 Å². The van der Waals surface area contributed by atoms with E-state index in [4.69, 9.17) is 19.3 Å². The van der Waals surface area contributed by atoms with E-state index in [0.717, 1.165) is 52.2 Å². The van der Waals surface area contributed by atoms with Gasteiger partial charge in [-0.1, -0.05) is 63.2 Å². The number of ether oxygens (including phenoxy) is 3. The van der Waals surface area contributed by atoms with Crippen LogP contribution in [0.15, 0.2) is 65.5 Å². The van der Waals surface area contributed by atoms with Crippen LogP contribution in [0.5, 0.6) is 11.5 Å². The van der Waals surface area contributed by atoms with Crippen molar-refractivity contribution in [3.05, 3.63) is 99.2 Å². The third-order valence-electron chi connectivity index (χ3n) is 7.78. The Kier molecular flexibility index (Phi) is 10.1. The Hall–Kier alpha value is -4.33. The highest BCUT2D eigenvalue weighted by molar-refractivity contribution is 5.76. The van der Waals surface area contributed by atoms with Gasteiger partial charge >= 0.3 is 11.7 Å². The summed E-state index contributed by atoms with van der Waals surface area (Å²) in [5.74, 6) is 1.91. The first-order valence-corrected chi connectivity index (χ1v) is 14.7. The lowest BCUT2D eigenvalue weighted by molar-refractivity contribution is -0.139. The molecule has 0 radical (unpaired) electrons. The topological polar surface area (TPSA) is 84.6 Å². The van der Waals surface area contributed by atoms with Gasteiger partial charge in [-0.05, 0) is 71.2 Å². The summed E-state index contributed by atoms with van der Waals surface area (Å²) in [4.78, 5) is 25.0. The van der Waals surface area contributed by atoms with E-state index in [9.17, 15) is 9.59 Å². The first kappa shape index (κ1) is 31.6. The maximum absolute atomic E-state index is 13.1. The van der Waals surface area contributed by atoms with E-state index >= 15 is 0 Å². The van der Waals surface area contributed by atoms with Crippen LogP contribution in [0.2, 0.25) is 0 Å². The van der Waals surface area contributed by atoms with Crippen molar-refractivity contribution >= 4 is 5.97 Å². The van der Waals surface area contributed by atoms with Crippen LogP contribution >= 0.6 is 0 Å². The van der Waals surface area contributed by atoms with Crippen molar-refractivity contribution in [2.75, 3.05) is 21.3 Å². The molecule has 8 heteroatoms. The normalized spacial score (nSPS) is 11.4. The lowest BCUT2D eigenvalue weighted by Crippen LogP contribution is -2.25. The van der Waals surface area contributed by atoms with E-state index in [1.54, 1.807) is 23.5 Å². The van der Waals surface area contributed by atoms with Crippen LogP contribution < -0.4 is 15.2 Å². The average Bonchev–Trinajstić information content (AvgIpc) is 3.30. The number of carbonyl (C=O) groups excluding carboxylic acids is 1. The van der Waals surface area contributed by atoms with Crippen molar-refractivity contribution in [3.63, 3.8) is 0 Å². The zero-order valence-corrected chi connectivity index (χ0v) is 26.4. The molecule has 43 heavy (non-hydrogen) atoms. The molecule has 4 aromatic rings. The molecule has 4 rings (SSSR count). The zero-order chi connectivity index (χ0) is 31.1. The molecular weight excluding hydrogens is 542 g/mol. The Balaban J connectivity index is 1.46. The Labute approximate surface area is 254 Å². The smallest absolute Gasteiger partial charge is 0.346 e. The Morgan fingerprint density at radius 1 is 0.837 bits per heavy atom. The van der Waals surface area contributed by atoms with Crippen LogP contribution in [0.4, 0.5) is 0 Å². The molecule has 228 valence electrons. The quantitative estimate of drug-likeness (QED) is 0.190. The van der Waals surface area contributed by atoms with E-state index in [1.165, 1.54) is 12.7 Å². The number of carbonyl (C=O) groups is 1. The summed E-state index contributed by atoms with van der Waals surface area (Å²) in [6.45, 7) is 9.58. The third kappa shape index (κ3) is 7.55. The van der Waals surface area contributed by atoms with Gasteiger partial charge < -0.3 is 14.2 Å². The second-order valence-corrected chi connectivity index (χ2v) is 11.7. The van der Waals surface area contributed by atoms with Crippen molar-refractivity contribution in [2.24, 2.45) is 0 Å². The maximum atomic E-state index is 13.1. The summed E-state index contributed by atoms with van der Waals surface area (Å²) < 4.78 is 19.4. The predicted octanol–water partition coefficient (Wildman–Crippen LogP) is 5.99. The highest BCUT2D eigenvalue weighted by atomic mass is 16.5. The van der Waals surface area contributed by atoms with Gasteiger partial charge in [0.1, 0.15) is 17.3 Å². The molecule has 0 amide bonds. The second kappa shape index (κ2) is 13.8. The van der Waals surface area contributed by atoms with Gasteiger partial charge in [-0.2, -0.15) is 5.10 Å². The van der Waals surface area contributed by atoms with E-state index in [1.807, 2.05) is 31.2 Å². The van der Waals surface area contributed by atoms with Gasteiger partial charge in [0.2, 0.25) is 0 Å². The van der Waals surface area contributed by atoms with Crippen molar-refractivity contribution in [3.8, 4) is 22.6 Å². The minimum atomic E-state index is -0.323. The Bertz CT molecular complexity index is 1610. The molecule has 0 spiro atoms. The van der Waals surface area contributed by atoms with E-state index in [2.05, 4.69) is 57.2 Å². The van der Waals surface area contributed by atoms with Crippen molar-refractivity contribution < 1.29 is 19.0 Å². The molecule has 3 aromatic carbocycles. The lowest BCUT2D eigenvalue weighted by Gasteiger charge is -2.19. The number of aromatic nitrogens is 3. The summed E-state index contributed by atoms with van der Waals surface area (Å²) in [6.07, 6.45) is 2.40. The van der Waals surface area contributed by atoms with Crippen molar-refractivity contribution in [2.45, 2.75) is 71.9 Å². The van der Waals surface area contributed by atoms with Gasteiger partial charge in [0.25, 0.3) is 0 Å². The lowest BCUT2D eigenvalue weighted by atomic mass is 9.87. The van der Waals surface area contributed by atoms with Gasteiger partial charge in [0.05, 0.1) is 34.3 Å². The maximum Gasteiger partial charge on any atom is 0.346 e. The zero-order valence-electron chi connectivity index (χ0n) is 26.4. The molecule has 1 heterocycles. The highest BCUT2D eigenvalue weighted by Crippen LogP contribution is 2.32. The van der Waals surface area contributed by atoms with Crippen LogP contribution in [0.1, 0.15) is 62.2 Å². The average molecular weight is 586 g/mol. The van der Waals surface area contributed by atoms with Crippen LogP contribution in [0.3, 0.4) is 0 Å². The van der Waals surface area contributed by atoms with Crippen molar-refractivity contribution in [1.29, 1.82) is 0 Å². The molecule has 0 atom stereocenters. The summed E-state index contributed by atoms with van der Waals surface area (Å²) in [5.41, 5.74) is 6.10. The number of benzene rings is 3. The van der Waals surface area contributed by atoms with Crippen LogP contribution in [-0.2, 0) is 47.3 Å². The summed E-state index contributed by atoms with van der Waals surface area (Å²) in [5, 5.41) is 4.72. The molecular formula is C35H43N3O5. The molecule has 0 bridgehead atoms. The van der Waals surface area contributed by atoms with E-state index < -0.39 is 0 Å². The molecule has 0 fully saturated rings. The van der Waals surface area contributed by atoms with Crippen LogP contribution in [0.25, 0.3) is 11.1 Å². The number of methoxy groups -OCH3 is 3. The monoisotopic (exact) mass is 585 g/mol. The molecule has 0 unspecified atom stereocenters. The molecule has 0 N–H and O–H groups in total. The number of rotatable bonds is 12. The standard InChI is InChI=1S/C35H43N3O5/c1-8-37-32(36-38(34(37)40)23-24-12-17-29(18-13-24)35(2,3)4)11-9-10-25-14-15-27(21-31(25)42-6)26-16-19-30(41-5)28(20-26)22-33(39)43-7/h12-21H,8-11,22-23H2,1-7H3.